The molecule has 2 N–H and O–H groups in total. The van der Waals surface area contributed by atoms with E-state index in [0.29, 0.717) is 19.4 Å². The lowest BCUT2D eigenvalue weighted by Gasteiger charge is -2.16. The summed E-state index contributed by atoms with van der Waals surface area (Å²) >= 11 is 0. The number of amides is 1. The number of hydrogen-bond acceptors (Lipinski definition) is 3. The predicted molar refractivity (Wildman–Crippen MR) is 126 cm³/mol. The van der Waals surface area contributed by atoms with Crippen molar-refractivity contribution in [3.63, 3.8) is 0 Å². The van der Waals surface area contributed by atoms with Gasteiger partial charge in [0.2, 0.25) is 5.91 Å². The van der Waals surface area contributed by atoms with E-state index in [0.717, 1.165) is 29.0 Å². The molecule has 0 bridgehead atoms. The molecule has 0 aromatic heterocycles. The van der Waals surface area contributed by atoms with Gasteiger partial charge in [0.1, 0.15) is 5.75 Å². The minimum absolute atomic E-state index is 0.103. The first-order valence-electron chi connectivity index (χ1n) is 10.9. The second kappa shape index (κ2) is 11.7. The van der Waals surface area contributed by atoms with Crippen molar-refractivity contribution in [3.05, 3.63) is 95.6 Å². The van der Waals surface area contributed by atoms with Gasteiger partial charge < -0.3 is 15.2 Å². The Morgan fingerprint density at radius 3 is 2.31 bits per heavy atom. The van der Waals surface area contributed by atoms with E-state index in [4.69, 9.17) is 9.84 Å². The second-order valence-corrected chi connectivity index (χ2v) is 7.77. The maximum atomic E-state index is 12.8. The van der Waals surface area contributed by atoms with Crippen molar-refractivity contribution in [1.82, 2.24) is 0 Å². The number of nitrogens with one attached hydrogen (secondary N) is 1. The zero-order valence-corrected chi connectivity index (χ0v) is 18.3. The Labute approximate surface area is 189 Å². The number of anilines is 1. The molecular weight excluding hydrogens is 402 g/mol. The van der Waals surface area contributed by atoms with Crippen LogP contribution in [0.15, 0.2) is 78.9 Å². The van der Waals surface area contributed by atoms with Crippen LogP contribution in [-0.4, -0.2) is 23.6 Å². The summed E-state index contributed by atoms with van der Waals surface area (Å²) in [6.45, 7) is 2.46. The molecule has 166 valence electrons. The molecule has 0 radical (unpaired) electrons. The lowest BCUT2D eigenvalue weighted by atomic mass is 9.99. The summed E-state index contributed by atoms with van der Waals surface area (Å²) in [5.74, 6) is -0.470. The average Bonchev–Trinajstić information content (AvgIpc) is 2.80. The van der Waals surface area contributed by atoms with Gasteiger partial charge in [0.15, 0.2) is 0 Å². The van der Waals surface area contributed by atoms with Crippen molar-refractivity contribution in [1.29, 1.82) is 0 Å². The molecule has 0 spiro atoms. The topological polar surface area (TPSA) is 75.6 Å². The van der Waals surface area contributed by atoms with Gasteiger partial charge in [0.25, 0.3) is 0 Å². The summed E-state index contributed by atoms with van der Waals surface area (Å²) in [6.07, 6.45) is 2.08. The van der Waals surface area contributed by atoms with Gasteiger partial charge in [-0.05, 0) is 54.7 Å². The Balaban J connectivity index is 1.54. The molecule has 3 aromatic carbocycles. The van der Waals surface area contributed by atoms with Crippen molar-refractivity contribution < 1.29 is 19.4 Å². The minimum Gasteiger partial charge on any atom is -0.493 e. The standard InChI is InChI=1S/C27H29NO4/c1-20(27(31)28-25-12-6-5-10-23(25)11-7-13-26(29)30)22-14-16-24(17-15-22)32-19-18-21-8-3-2-4-9-21/h2-6,8-10,12,14-17,20H,7,11,13,18-19H2,1H3,(H,28,31)(H,29,30). The van der Waals surface area contributed by atoms with Gasteiger partial charge in [-0.3, -0.25) is 9.59 Å². The molecule has 3 aromatic rings. The van der Waals surface area contributed by atoms with E-state index in [1.165, 1.54) is 5.56 Å². The van der Waals surface area contributed by atoms with Crippen LogP contribution in [0.2, 0.25) is 0 Å². The smallest absolute Gasteiger partial charge is 0.303 e. The summed E-state index contributed by atoms with van der Waals surface area (Å²) < 4.78 is 5.83. The lowest BCUT2D eigenvalue weighted by Crippen LogP contribution is -2.19. The minimum atomic E-state index is -0.812. The van der Waals surface area contributed by atoms with E-state index in [9.17, 15) is 9.59 Å². The molecular formula is C27H29NO4. The molecule has 0 fully saturated rings. The Morgan fingerprint density at radius 1 is 0.906 bits per heavy atom. The van der Waals surface area contributed by atoms with Crippen LogP contribution in [0.25, 0.3) is 0 Å². The molecule has 0 saturated heterocycles. The number of carbonyl (C=O) groups is 2. The van der Waals surface area contributed by atoms with E-state index in [2.05, 4.69) is 17.4 Å². The molecule has 1 atom stereocenters. The van der Waals surface area contributed by atoms with Gasteiger partial charge in [0.05, 0.1) is 12.5 Å². The van der Waals surface area contributed by atoms with Crippen LogP contribution in [0.5, 0.6) is 5.75 Å². The van der Waals surface area contributed by atoms with E-state index in [1.807, 2.05) is 73.7 Å². The molecule has 5 nitrogen and oxygen atoms in total. The van der Waals surface area contributed by atoms with E-state index in [-0.39, 0.29) is 18.2 Å². The monoisotopic (exact) mass is 431 g/mol. The van der Waals surface area contributed by atoms with Gasteiger partial charge >= 0.3 is 5.97 Å². The molecule has 0 saturated carbocycles. The molecule has 5 heteroatoms. The summed E-state index contributed by atoms with van der Waals surface area (Å²) in [5.41, 5.74) is 3.81. The Kier molecular flexibility index (Phi) is 8.44. The van der Waals surface area contributed by atoms with Gasteiger partial charge in [-0.15, -0.1) is 0 Å². The molecule has 0 aliphatic heterocycles. The number of rotatable bonds is 11. The summed E-state index contributed by atoms with van der Waals surface area (Å²) in [7, 11) is 0. The predicted octanol–water partition coefficient (Wildman–Crippen LogP) is 5.46. The van der Waals surface area contributed by atoms with Gasteiger partial charge in [-0.25, -0.2) is 0 Å². The first kappa shape index (κ1) is 23.1. The third-order valence-corrected chi connectivity index (χ3v) is 5.39. The largest absolute Gasteiger partial charge is 0.493 e. The lowest BCUT2D eigenvalue weighted by molar-refractivity contribution is -0.137. The van der Waals surface area contributed by atoms with Gasteiger partial charge in [0, 0.05) is 18.5 Å². The highest BCUT2D eigenvalue weighted by atomic mass is 16.5. The summed E-state index contributed by atoms with van der Waals surface area (Å²) in [6, 6.07) is 25.3. The SMILES string of the molecule is CC(C(=O)Nc1ccccc1CCCC(=O)O)c1ccc(OCCc2ccccc2)cc1. The fourth-order valence-electron chi connectivity index (χ4n) is 3.47. The quantitative estimate of drug-likeness (QED) is 0.423. The maximum Gasteiger partial charge on any atom is 0.303 e. The molecule has 3 rings (SSSR count). The van der Waals surface area contributed by atoms with Crippen LogP contribution >= 0.6 is 0 Å². The van der Waals surface area contributed by atoms with E-state index < -0.39 is 5.97 Å². The number of aryl methyl sites for hydroxylation is 1. The number of aliphatic carboxylic acids is 1. The normalized spacial score (nSPS) is 11.5. The number of ether oxygens (including phenoxy) is 1. The molecule has 1 amide bonds. The highest BCUT2D eigenvalue weighted by Gasteiger charge is 2.17. The van der Waals surface area contributed by atoms with Crippen molar-refractivity contribution in [2.45, 2.75) is 38.5 Å². The number of benzene rings is 3. The third kappa shape index (κ3) is 6.98. The van der Waals surface area contributed by atoms with Gasteiger partial charge in [-0.2, -0.15) is 0 Å². The highest BCUT2D eigenvalue weighted by Crippen LogP contribution is 2.23. The molecule has 0 aliphatic carbocycles. The van der Waals surface area contributed by atoms with Crippen molar-refractivity contribution in [2.24, 2.45) is 0 Å². The second-order valence-electron chi connectivity index (χ2n) is 7.77. The number of carboxylic acids is 1. The molecule has 32 heavy (non-hydrogen) atoms. The number of carbonyl (C=O) groups excluding carboxylic acids is 1. The first-order chi connectivity index (χ1) is 15.5. The van der Waals surface area contributed by atoms with Crippen LogP contribution in [0, 0.1) is 0 Å². The van der Waals surface area contributed by atoms with Crippen LogP contribution < -0.4 is 10.1 Å². The van der Waals surface area contributed by atoms with Gasteiger partial charge in [-0.1, -0.05) is 60.7 Å². The maximum absolute atomic E-state index is 12.8. The Bertz CT molecular complexity index is 1020. The number of para-hydroxylation sites is 1. The zero-order chi connectivity index (χ0) is 22.8. The first-order valence-corrected chi connectivity index (χ1v) is 10.9. The molecule has 1 unspecified atom stereocenters. The summed E-state index contributed by atoms with van der Waals surface area (Å²) in [4.78, 5) is 23.6. The average molecular weight is 432 g/mol. The fourth-order valence-corrected chi connectivity index (χ4v) is 3.47. The van der Waals surface area contributed by atoms with Crippen LogP contribution in [-0.2, 0) is 22.4 Å². The van der Waals surface area contributed by atoms with Crippen LogP contribution in [0.1, 0.15) is 42.4 Å². The zero-order valence-electron chi connectivity index (χ0n) is 18.3. The Morgan fingerprint density at radius 2 is 1.59 bits per heavy atom. The number of hydrogen-bond donors (Lipinski definition) is 2. The third-order valence-electron chi connectivity index (χ3n) is 5.39. The fraction of sp³-hybridized carbons (Fsp3) is 0.259. The van der Waals surface area contributed by atoms with Crippen LogP contribution in [0.4, 0.5) is 5.69 Å². The van der Waals surface area contributed by atoms with Crippen LogP contribution in [0.3, 0.4) is 0 Å². The van der Waals surface area contributed by atoms with E-state index >= 15 is 0 Å². The molecule has 0 aliphatic rings. The van der Waals surface area contributed by atoms with Crippen molar-refractivity contribution in [3.8, 4) is 5.75 Å². The molecule has 0 heterocycles. The number of carboxylic acid groups (broad SMARTS) is 1. The van der Waals surface area contributed by atoms with Crippen molar-refractivity contribution in [2.75, 3.05) is 11.9 Å². The van der Waals surface area contributed by atoms with E-state index in [1.54, 1.807) is 0 Å². The van der Waals surface area contributed by atoms with Crippen molar-refractivity contribution >= 4 is 17.6 Å². The summed E-state index contributed by atoms with van der Waals surface area (Å²) in [5, 5.41) is 11.8. The highest BCUT2D eigenvalue weighted by molar-refractivity contribution is 5.96. The Hall–Kier alpha value is -3.60.